The zero-order valence-corrected chi connectivity index (χ0v) is 20.9. The van der Waals surface area contributed by atoms with Crippen LogP contribution in [0.15, 0.2) is 58.7 Å². The quantitative estimate of drug-likeness (QED) is 0.292. The van der Waals surface area contributed by atoms with E-state index < -0.39 is 29.2 Å². The van der Waals surface area contributed by atoms with Crippen molar-refractivity contribution in [3.63, 3.8) is 0 Å². The lowest BCUT2D eigenvalue weighted by molar-refractivity contribution is -0.137. The molecule has 0 atom stereocenters. The molecule has 0 fully saturated rings. The van der Waals surface area contributed by atoms with Gasteiger partial charge in [0.15, 0.2) is 0 Å². The number of benzene rings is 2. The van der Waals surface area contributed by atoms with Crippen LogP contribution in [0.2, 0.25) is 0 Å². The third-order valence-electron chi connectivity index (χ3n) is 5.43. The Morgan fingerprint density at radius 2 is 1.84 bits per heavy atom. The molecule has 0 saturated carbocycles. The van der Waals surface area contributed by atoms with Crippen molar-refractivity contribution in [2.75, 3.05) is 6.61 Å². The summed E-state index contributed by atoms with van der Waals surface area (Å²) in [6.45, 7) is 2.20. The van der Waals surface area contributed by atoms with Gasteiger partial charge in [-0.15, -0.1) is 11.3 Å². The maximum absolute atomic E-state index is 12.9. The van der Waals surface area contributed by atoms with E-state index in [0.29, 0.717) is 21.3 Å². The molecule has 2 N–H and O–H groups in total. The number of hydrogen-bond donors (Lipinski definition) is 2. The van der Waals surface area contributed by atoms with Gasteiger partial charge in [-0.05, 0) is 47.7 Å². The molecule has 38 heavy (non-hydrogen) atoms. The van der Waals surface area contributed by atoms with Crippen molar-refractivity contribution in [3.05, 3.63) is 97.9 Å². The minimum absolute atomic E-state index is 0.117. The number of fused-ring (bicyclic) bond motifs is 1. The Morgan fingerprint density at radius 3 is 2.55 bits per heavy atom. The molecule has 12 heteroatoms. The lowest BCUT2D eigenvalue weighted by atomic mass is 10.1. The van der Waals surface area contributed by atoms with Crippen LogP contribution in [0.25, 0.3) is 10.2 Å². The maximum atomic E-state index is 12.9. The summed E-state index contributed by atoms with van der Waals surface area (Å²) in [4.78, 5) is 43.9. The third-order valence-corrected chi connectivity index (χ3v) is 6.35. The zero-order chi connectivity index (χ0) is 27.3. The topological polar surface area (TPSA) is 110 Å². The average Bonchev–Trinajstić information content (AvgIpc) is 3.31. The number of H-pyrrole nitrogens is 1. The second-order valence-corrected chi connectivity index (χ2v) is 9.00. The fraction of sp³-hybridized carbons (Fsp3) is 0.231. The fourth-order valence-electron chi connectivity index (χ4n) is 3.57. The molecule has 0 aliphatic carbocycles. The van der Waals surface area contributed by atoms with Crippen molar-refractivity contribution in [2.45, 2.75) is 32.9 Å². The number of carbonyl (C=O) groups excluding carboxylic acids is 2. The number of amides is 1. The van der Waals surface area contributed by atoms with E-state index in [2.05, 4.69) is 15.3 Å². The molecule has 0 spiro atoms. The van der Waals surface area contributed by atoms with Crippen molar-refractivity contribution in [1.82, 2.24) is 15.3 Å². The molecule has 4 rings (SSSR count). The van der Waals surface area contributed by atoms with Crippen LogP contribution in [0, 0.1) is 0 Å². The summed E-state index contributed by atoms with van der Waals surface area (Å²) >= 11 is 1.17. The summed E-state index contributed by atoms with van der Waals surface area (Å²) in [7, 11) is 0. The van der Waals surface area contributed by atoms with Gasteiger partial charge in [-0.1, -0.05) is 24.3 Å². The summed E-state index contributed by atoms with van der Waals surface area (Å²) in [5, 5.41) is 4.48. The van der Waals surface area contributed by atoms with Crippen LogP contribution >= 0.6 is 11.3 Å². The van der Waals surface area contributed by atoms with Crippen LogP contribution in [0.4, 0.5) is 13.2 Å². The second-order valence-electron chi connectivity index (χ2n) is 8.15. The van der Waals surface area contributed by atoms with Crippen LogP contribution in [-0.2, 0) is 35.4 Å². The molecule has 8 nitrogen and oxygen atoms in total. The van der Waals surface area contributed by atoms with Gasteiger partial charge in [-0.2, -0.15) is 13.2 Å². The Labute approximate surface area is 218 Å². The van der Waals surface area contributed by atoms with Gasteiger partial charge in [0.1, 0.15) is 4.83 Å². The Kier molecular flexibility index (Phi) is 8.23. The molecular formula is C26H22F3N3O5S. The van der Waals surface area contributed by atoms with E-state index in [0.717, 1.165) is 17.7 Å². The molecule has 0 radical (unpaired) electrons. The number of alkyl halides is 3. The molecule has 4 aromatic rings. The van der Waals surface area contributed by atoms with Crippen molar-refractivity contribution < 1.29 is 32.2 Å². The maximum Gasteiger partial charge on any atom is 0.416 e. The fourth-order valence-corrected chi connectivity index (χ4v) is 4.50. The highest BCUT2D eigenvalue weighted by Crippen LogP contribution is 2.29. The SMILES string of the molecule is CCOC(=O)c1ccc(COCc2csc3nc(C(=O)NCc4cccc(C(F)(F)F)c4)[nH]c(=O)c23)cc1. The minimum Gasteiger partial charge on any atom is -0.462 e. The first kappa shape index (κ1) is 27.0. The smallest absolute Gasteiger partial charge is 0.416 e. The Balaban J connectivity index is 1.38. The molecule has 0 bridgehead atoms. The second kappa shape index (κ2) is 11.6. The highest BCUT2D eigenvalue weighted by atomic mass is 32.1. The van der Waals surface area contributed by atoms with Gasteiger partial charge in [-0.3, -0.25) is 9.59 Å². The summed E-state index contributed by atoms with van der Waals surface area (Å²) in [5.41, 5.74) is 0.758. The van der Waals surface area contributed by atoms with Crippen LogP contribution in [0.1, 0.15) is 50.2 Å². The van der Waals surface area contributed by atoms with Crippen LogP contribution in [0.5, 0.6) is 0 Å². The van der Waals surface area contributed by atoms with E-state index in [9.17, 15) is 27.6 Å². The normalized spacial score (nSPS) is 11.5. The number of carbonyl (C=O) groups is 2. The number of hydrogen-bond acceptors (Lipinski definition) is 7. The van der Waals surface area contributed by atoms with E-state index in [1.165, 1.54) is 23.5 Å². The van der Waals surface area contributed by atoms with E-state index in [1.807, 2.05) is 0 Å². The summed E-state index contributed by atoms with van der Waals surface area (Å²) in [5.74, 6) is -1.37. The summed E-state index contributed by atoms with van der Waals surface area (Å²) in [6, 6.07) is 11.4. The molecule has 0 saturated heterocycles. The van der Waals surface area contributed by atoms with Gasteiger partial charge in [0.2, 0.25) is 5.82 Å². The van der Waals surface area contributed by atoms with Gasteiger partial charge in [0.05, 0.1) is 36.3 Å². The standard InChI is InChI=1S/C26H22F3N3O5S/c1-2-37-25(35)17-8-6-15(7-9-17)12-36-13-18-14-38-24-20(18)22(33)31-21(32-24)23(34)30-11-16-4-3-5-19(10-16)26(27,28)29/h3-10,14H,2,11-13H2,1H3,(H,30,34)(H,31,32,33). The van der Waals surface area contributed by atoms with Crippen molar-refractivity contribution in [3.8, 4) is 0 Å². The molecule has 2 aromatic heterocycles. The number of esters is 1. The van der Waals surface area contributed by atoms with Gasteiger partial charge < -0.3 is 19.8 Å². The largest absolute Gasteiger partial charge is 0.462 e. The van der Waals surface area contributed by atoms with E-state index in [-0.39, 0.29) is 37.8 Å². The van der Waals surface area contributed by atoms with E-state index in [4.69, 9.17) is 9.47 Å². The molecule has 198 valence electrons. The highest BCUT2D eigenvalue weighted by Gasteiger charge is 2.30. The minimum atomic E-state index is -4.49. The Morgan fingerprint density at radius 1 is 1.08 bits per heavy atom. The molecule has 2 aromatic carbocycles. The van der Waals surface area contributed by atoms with E-state index in [1.54, 1.807) is 36.6 Å². The number of thiophene rings is 1. The van der Waals surface area contributed by atoms with Gasteiger partial charge in [-0.25, -0.2) is 9.78 Å². The van der Waals surface area contributed by atoms with Crippen LogP contribution in [0.3, 0.4) is 0 Å². The first-order valence-electron chi connectivity index (χ1n) is 11.4. The lowest BCUT2D eigenvalue weighted by Gasteiger charge is -2.09. The third kappa shape index (κ3) is 6.45. The number of ether oxygens (including phenoxy) is 2. The van der Waals surface area contributed by atoms with Gasteiger partial charge in [0.25, 0.3) is 11.5 Å². The molecule has 0 unspecified atom stereocenters. The number of halogens is 3. The predicted molar refractivity (Wildman–Crippen MR) is 134 cm³/mol. The van der Waals surface area contributed by atoms with Crippen molar-refractivity contribution in [1.29, 1.82) is 0 Å². The molecule has 2 heterocycles. The highest BCUT2D eigenvalue weighted by molar-refractivity contribution is 7.16. The first-order chi connectivity index (χ1) is 18.2. The van der Waals surface area contributed by atoms with Gasteiger partial charge in [0, 0.05) is 12.1 Å². The zero-order valence-electron chi connectivity index (χ0n) is 20.1. The van der Waals surface area contributed by atoms with Crippen LogP contribution < -0.4 is 10.9 Å². The van der Waals surface area contributed by atoms with Crippen molar-refractivity contribution >= 4 is 33.4 Å². The lowest BCUT2D eigenvalue weighted by Crippen LogP contribution is -2.27. The summed E-state index contributed by atoms with van der Waals surface area (Å²) < 4.78 is 49.4. The number of aromatic nitrogens is 2. The number of rotatable bonds is 9. The Hall–Kier alpha value is -4.03. The van der Waals surface area contributed by atoms with Gasteiger partial charge >= 0.3 is 12.1 Å². The monoisotopic (exact) mass is 545 g/mol. The first-order valence-corrected chi connectivity index (χ1v) is 12.3. The molecule has 0 aliphatic heterocycles. The number of aromatic amines is 1. The summed E-state index contributed by atoms with van der Waals surface area (Å²) in [6.07, 6.45) is -4.49. The molecule has 1 amide bonds. The number of nitrogens with zero attached hydrogens (tertiary/aromatic N) is 1. The molecule has 0 aliphatic rings. The van der Waals surface area contributed by atoms with Crippen molar-refractivity contribution in [2.24, 2.45) is 0 Å². The Bertz CT molecular complexity index is 1510. The molecular weight excluding hydrogens is 523 g/mol. The number of nitrogens with one attached hydrogen (secondary N) is 2. The van der Waals surface area contributed by atoms with E-state index >= 15 is 0 Å². The average molecular weight is 546 g/mol. The predicted octanol–water partition coefficient (Wildman–Crippen LogP) is 4.83. The van der Waals surface area contributed by atoms with Crippen LogP contribution in [-0.4, -0.2) is 28.5 Å².